The zero-order chi connectivity index (χ0) is 26.1. The molecular weight excluding hydrogens is 485 g/mol. The van der Waals surface area contributed by atoms with Gasteiger partial charge in [0.1, 0.15) is 18.2 Å². The van der Waals surface area contributed by atoms with E-state index in [0.29, 0.717) is 54.3 Å². The molecule has 3 rings (SSSR count). The molecule has 1 atom stereocenters. The molecule has 194 valence electrons. The van der Waals surface area contributed by atoms with Crippen molar-refractivity contribution in [2.75, 3.05) is 26.2 Å². The van der Waals surface area contributed by atoms with E-state index in [1.54, 1.807) is 30.3 Å². The predicted octanol–water partition coefficient (Wildman–Crippen LogP) is 3.98. The number of hydrogen-bond acceptors (Lipinski definition) is 4. The molecule has 9 heteroatoms. The van der Waals surface area contributed by atoms with Crippen molar-refractivity contribution in [2.24, 2.45) is 5.92 Å². The zero-order valence-corrected chi connectivity index (χ0v) is 21.4. The summed E-state index contributed by atoms with van der Waals surface area (Å²) in [5.74, 6) is -0.600. The number of amides is 3. The quantitative estimate of drug-likeness (QED) is 0.642. The van der Waals surface area contributed by atoms with E-state index >= 15 is 0 Å². The lowest BCUT2D eigenvalue weighted by atomic mass is 10.0. The molecule has 1 aliphatic heterocycles. The summed E-state index contributed by atoms with van der Waals surface area (Å²) < 4.78 is 19.5. The highest BCUT2D eigenvalue weighted by molar-refractivity contribution is 6.31. The SMILES string of the molecule is CC(C)C[C@H]1COc2ccc(Cl)cc2C(=O)NCCCCN(C(=O)Cc2cccc(F)c2)CC(=O)N1. The second-order valence-electron chi connectivity index (χ2n) is 9.43. The molecular formula is C27H33ClFN3O4. The van der Waals surface area contributed by atoms with Gasteiger partial charge in [-0.1, -0.05) is 37.6 Å². The number of halogens is 2. The summed E-state index contributed by atoms with van der Waals surface area (Å²) in [5, 5.41) is 6.28. The van der Waals surface area contributed by atoms with Gasteiger partial charge in [-0.05, 0) is 61.1 Å². The normalized spacial score (nSPS) is 17.8. The fourth-order valence-electron chi connectivity index (χ4n) is 4.13. The van der Waals surface area contributed by atoms with Gasteiger partial charge in [0.15, 0.2) is 0 Å². The number of nitrogens with zero attached hydrogens (tertiary/aromatic N) is 1. The molecule has 0 saturated heterocycles. The van der Waals surface area contributed by atoms with E-state index < -0.39 is 5.82 Å². The van der Waals surface area contributed by atoms with Gasteiger partial charge < -0.3 is 20.3 Å². The van der Waals surface area contributed by atoms with Crippen molar-refractivity contribution in [1.82, 2.24) is 15.5 Å². The Bertz CT molecular complexity index is 1080. The topological polar surface area (TPSA) is 87.7 Å². The Labute approximate surface area is 216 Å². The number of carbonyl (C=O) groups excluding carboxylic acids is 3. The van der Waals surface area contributed by atoms with Gasteiger partial charge >= 0.3 is 0 Å². The van der Waals surface area contributed by atoms with Crippen LogP contribution < -0.4 is 15.4 Å². The molecule has 0 aliphatic carbocycles. The third-order valence-corrected chi connectivity index (χ3v) is 6.05. The van der Waals surface area contributed by atoms with E-state index in [0.717, 1.165) is 0 Å². The Morgan fingerprint density at radius 1 is 1.19 bits per heavy atom. The number of carbonyl (C=O) groups is 3. The number of fused-ring (bicyclic) bond motifs is 1. The van der Waals surface area contributed by atoms with Crippen LogP contribution >= 0.6 is 11.6 Å². The Balaban J connectivity index is 1.78. The summed E-state index contributed by atoms with van der Waals surface area (Å²) in [4.78, 5) is 40.3. The molecule has 3 amide bonds. The maximum absolute atomic E-state index is 13.6. The highest BCUT2D eigenvalue weighted by Crippen LogP contribution is 2.24. The predicted molar refractivity (Wildman–Crippen MR) is 137 cm³/mol. The molecule has 2 N–H and O–H groups in total. The molecule has 0 radical (unpaired) electrons. The number of rotatable bonds is 4. The Morgan fingerprint density at radius 3 is 2.75 bits per heavy atom. The largest absolute Gasteiger partial charge is 0.491 e. The second-order valence-corrected chi connectivity index (χ2v) is 9.87. The minimum atomic E-state index is -0.412. The minimum Gasteiger partial charge on any atom is -0.491 e. The molecule has 1 aliphatic rings. The lowest BCUT2D eigenvalue weighted by Crippen LogP contribution is -2.47. The number of hydrogen-bond donors (Lipinski definition) is 2. The molecule has 1 heterocycles. The first-order valence-corrected chi connectivity index (χ1v) is 12.6. The molecule has 0 fully saturated rings. The van der Waals surface area contributed by atoms with Crippen LogP contribution in [0.3, 0.4) is 0 Å². The first kappa shape index (κ1) is 27.5. The van der Waals surface area contributed by atoms with Crippen molar-refractivity contribution >= 4 is 29.3 Å². The summed E-state index contributed by atoms with van der Waals surface area (Å²) in [6, 6.07) is 10.4. The van der Waals surface area contributed by atoms with Gasteiger partial charge in [0.2, 0.25) is 11.8 Å². The summed E-state index contributed by atoms with van der Waals surface area (Å²) >= 11 is 6.11. The third-order valence-electron chi connectivity index (χ3n) is 5.82. The number of nitrogens with one attached hydrogen (secondary N) is 2. The molecule has 0 bridgehead atoms. The molecule has 2 aromatic carbocycles. The van der Waals surface area contributed by atoms with E-state index in [4.69, 9.17) is 16.3 Å². The van der Waals surface area contributed by atoms with Crippen LogP contribution in [0.1, 0.15) is 49.0 Å². The molecule has 0 spiro atoms. The van der Waals surface area contributed by atoms with Gasteiger partial charge in [0, 0.05) is 18.1 Å². The first-order valence-electron chi connectivity index (χ1n) is 12.2. The lowest BCUT2D eigenvalue weighted by Gasteiger charge is -2.25. The molecule has 2 aromatic rings. The standard InChI is InChI=1S/C27H33ClFN3O4/c1-18(2)12-22-17-36-24-9-8-20(28)15-23(24)27(35)30-10-3-4-11-32(16-25(33)31-22)26(34)14-19-6-5-7-21(29)13-19/h5-9,13,15,18,22H,3-4,10-12,14,16-17H2,1-2H3,(H,30,35)(H,31,33)/t22-/m0/s1. The van der Waals surface area contributed by atoms with Crippen LogP contribution in [0, 0.1) is 11.7 Å². The molecule has 7 nitrogen and oxygen atoms in total. The van der Waals surface area contributed by atoms with E-state index in [-0.39, 0.29) is 49.3 Å². The van der Waals surface area contributed by atoms with Crippen molar-refractivity contribution in [2.45, 2.75) is 45.6 Å². The summed E-state index contributed by atoms with van der Waals surface area (Å²) in [7, 11) is 0. The minimum absolute atomic E-state index is 0.00359. The molecule has 0 aromatic heterocycles. The smallest absolute Gasteiger partial charge is 0.255 e. The average molecular weight is 518 g/mol. The monoisotopic (exact) mass is 517 g/mol. The summed E-state index contributed by atoms with van der Waals surface area (Å²) in [5.41, 5.74) is 0.880. The van der Waals surface area contributed by atoms with Gasteiger partial charge in [0.25, 0.3) is 5.91 Å². The third kappa shape index (κ3) is 8.52. The van der Waals surface area contributed by atoms with Gasteiger partial charge in [0.05, 0.1) is 24.6 Å². The summed E-state index contributed by atoms with van der Waals surface area (Å²) in [6.07, 6.45) is 1.83. The first-order chi connectivity index (χ1) is 17.2. The van der Waals surface area contributed by atoms with Crippen LogP contribution in [-0.4, -0.2) is 54.9 Å². The molecule has 0 unspecified atom stereocenters. The maximum Gasteiger partial charge on any atom is 0.255 e. The van der Waals surface area contributed by atoms with Crippen molar-refractivity contribution < 1.29 is 23.5 Å². The van der Waals surface area contributed by atoms with Crippen LogP contribution in [-0.2, 0) is 16.0 Å². The Kier molecular flexibility index (Phi) is 10.1. The molecule has 0 saturated carbocycles. The zero-order valence-electron chi connectivity index (χ0n) is 20.7. The van der Waals surface area contributed by atoms with Gasteiger partial charge in [-0.3, -0.25) is 14.4 Å². The van der Waals surface area contributed by atoms with Crippen LogP contribution in [0.5, 0.6) is 5.75 Å². The van der Waals surface area contributed by atoms with Crippen LogP contribution in [0.2, 0.25) is 5.02 Å². The van der Waals surface area contributed by atoms with Crippen molar-refractivity contribution in [1.29, 1.82) is 0 Å². The fourth-order valence-corrected chi connectivity index (χ4v) is 4.30. The van der Waals surface area contributed by atoms with Crippen molar-refractivity contribution in [3.63, 3.8) is 0 Å². The summed E-state index contributed by atoms with van der Waals surface area (Å²) in [6.45, 7) is 4.85. The van der Waals surface area contributed by atoms with E-state index in [2.05, 4.69) is 10.6 Å². The Hall–Kier alpha value is -3.13. The second kappa shape index (κ2) is 13.3. The fraction of sp³-hybridized carbons (Fsp3) is 0.444. The van der Waals surface area contributed by atoms with E-state index in [1.165, 1.54) is 17.0 Å². The van der Waals surface area contributed by atoms with Crippen molar-refractivity contribution in [3.8, 4) is 5.75 Å². The lowest BCUT2D eigenvalue weighted by molar-refractivity contribution is -0.136. The van der Waals surface area contributed by atoms with E-state index in [1.807, 2.05) is 13.8 Å². The van der Waals surface area contributed by atoms with Crippen LogP contribution in [0.25, 0.3) is 0 Å². The highest BCUT2D eigenvalue weighted by atomic mass is 35.5. The number of ether oxygens (including phenoxy) is 1. The van der Waals surface area contributed by atoms with Crippen LogP contribution in [0.4, 0.5) is 4.39 Å². The van der Waals surface area contributed by atoms with Crippen LogP contribution in [0.15, 0.2) is 42.5 Å². The Morgan fingerprint density at radius 2 is 2.00 bits per heavy atom. The number of benzene rings is 2. The maximum atomic E-state index is 13.6. The average Bonchev–Trinajstić information content (AvgIpc) is 2.81. The highest BCUT2D eigenvalue weighted by Gasteiger charge is 2.22. The molecule has 36 heavy (non-hydrogen) atoms. The van der Waals surface area contributed by atoms with E-state index in [9.17, 15) is 18.8 Å². The van der Waals surface area contributed by atoms with Gasteiger partial charge in [-0.2, -0.15) is 0 Å². The van der Waals surface area contributed by atoms with Crippen molar-refractivity contribution in [3.05, 3.63) is 64.4 Å². The van der Waals surface area contributed by atoms with Gasteiger partial charge in [-0.25, -0.2) is 4.39 Å². The van der Waals surface area contributed by atoms with Gasteiger partial charge in [-0.15, -0.1) is 0 Å².